The summed E-state index contributed by atoms with van der Waals surface area (Å²) in [6, 6.07) is 7.13. The Hall–Kier alpha value is -2.88. The first kappa shape index (κ1) is 26.2. The number of ether oxygens (including phenoxy) is 1. The Labute approximate surface area is 203 Å². The average Bonchev–Trinajstić information content (AvgIpc) is 3.34. The number of halogens is 7. The largest absolute Gasteiger partial charge is 0.416 e. The molecule has 1 aliphatic carbocycles. The number of allylic oxidation sites excluding steroid dienone is 2. The maximum atomic E-state index is 13.5. The number of carbonyl (C=O) groups excluding carboxylic acids is 1. The molecule has 1 fully saturated rings. The standard InChI is InChI=1S/C26H24F7NO2/c1-14-7-21(35)11-23(14)34-12-22(16-3-5-20(27)6-4-16)24(13-34)36-15(2)17-8-18(25(28,29)30)10-19(9-17)26(31,32)33/h3-6,8-11,14-15,22,24H,7,12-13H2,1-2H3/t14?,15-,22-,24+/m1/s1. The van der Waals surface area contributed by atoms with Crippen molar-refractivity contribution in [3.63, 3.8) is 0 Å². The fourth-order valence-electron chi connectivity index (χ4n) is 4.88. The Balaban J connectivity index is 1.65. The summed E-state index contributed by atoms with van der Waals surface area (Å²) in [5.74, 6) is -0.830. The van der Waals surface area contributed by atoms with Crippen molar-refractivity contribution in [1.29, 1.82) is 0 Å². The van der Waals surface area contributed by atoms with Crippen molar-refractivity contribution in [3.05, 3.63) is 82.3 Å². The third-order valence-corrected chi connectivity index (χ3v) is 6.71. The van der Waals surface area contributed by atoms with E-state index >= 15 is 0 Å². The van der Waals surface area contributed by atoms with E-state index < -0.39 is 41.5 Å². The monoisotopic (exact) mass is 515 g/mol. The molecule has 10 heteroatoms. The van der Waals surface area contributed by atoms with Crippen molar-refractivity contribution in [2.24, 2.45) is 5.92 Å². The first-order valence-electron chi connectivity index (χ1n) is 11.4. The van der Waals surface area contributed by atoms with Crippen molar-refractivity contribution < 1.29 is 40.3 Å². The van der Waals surface area contributed by atoms with Gasteiger partial charge in [-0.15, -0.1) is 0 Å². The minimum Gasteiger partial charge on any atom is -0.371 e. The molecule has 0 radical (unpaired) electrons. The van der Waals surface area contributed by atoms with Gasteiger partial charge in [-0.2, -0.15) is 26.3 Å². The molecule has 1 unspecified atom stereocenters. The van der Waals surface area contributed by atoms with Gasteiger partial charge in [-0.25, -0.2) is 4.39 Å². The van der Waals surface area contributed by atoms with Crippen LogP contribution in [-0.4, -0.2) is 29.9 Å². The SMILES string of the molecule is CC1CC(=O)C=C1N1C[C@H](O[C@H](C)c2cc(C(F)(F)F)cc(C(F)(F)F)c2)[C@@H](c2ccc(F)cc2)C1. The van der Waals surface area contributed by atoms with Gasteiger partial charge >= 0.3 is 12.4 Å². The molecule has 0 amide bonds. The van der Waals surface area contributed by atoms with E-state index in [1.165, 1.54) is 19.1 Å². The fourth-order valence-corrected chi connectivity index (χ4v) is 4.88. The molecule has 1 aliphatic heterocycles. The molecule has 0 bridgehead atoms. The van der Waals surface area contributed by atoms with E-state index in [9.17, 15) is 35.5 Å². The number of alkyl halides is 6. The maximum absolute atomic E-state index is 13.5. The smallest absolute Gasteiger partial charge is 0.371 e. The summed E-state index contributed by atoms with van der Waals surface area (Å²) in [5.41, 5.74) is -1.54. The zero-order valence-corrected chi connectivity index (χ0v) is 19.5. The number of hydrogen-bond acceptors (Lipinski definition) is 3. The molecule has 4 rings (SSSR count). The van der Waals surface area contributed by atoms with E-state index in [0.29, 0.717) is 30.7 Å². The van der Waals surface area contributed by atoms with Crippen LogP contribution in [0.5, 0.6) is 0 Å². The molecule has 2 aliphatic rings. The van der Waals surface area contributed by atoms with E-state index in [1.54, 1.807) is 18.2 Å². The number of carbonyl (C=O) groups is 1. The van der Waals surface area contributed by atoms with Gasteiger partial charge in [0.1, 0.15) is 5.82 Å². The van der Waals surface area contributed by atoms with Crippen LogP contribution >= 0.6 is 0 Å². The summed E-state index contributed by atoms with van der Waals surface area (Å²) >= 11 is 0. The van der Waals surface area contributed by atoms with E-state index in [4.69, 9.17) is 4.74 Å². The molecule has 1 saturated heterocycles. The highest BCUT2D eigenvalue weighted by molar-refractivity contribution is 5.93. The molecule has 2 aromatic carbocycles. The second-order valence-corrected chi connectivity index (χ2v) is 9.36. The van der Waals surface area contributed by atoms with Crippen LogP contribution in [0.15, 0.2) is 54.2 Å². The Kier molecular flexibility index (Phi) is 6.94. The van der Waals surface area contributed by atoms with Gasteiger partial charge < -0.3 is 9.64 Å². The minimum absolute atomic E-state index is 0.0165. The second kappa shape index (κ2) is 9.53. The highest BCUT2D eigenvalue weighted by Gasteiger charge is 2.41. The summed E-state index contributed by atoms with van der Waals surface area (Å²) in [5, 5.41) is 0. The predicted molar refractivity (Wildman–Crippen MR) is 117 cm³/mol. The summed E-state index contributed by atoms with van der Waals surface area (Å²) in [7, 11) is 0. The zero-order chi connectivity index (χ0) is 26.4. The number of ketones is 1. The fraction of sp³-hybridized carbons (Fsp3) is 0.423. The third kappa shape index (κ3) is 5.58. The summed E-state index contributed by atoms with van der Waals surface area (Å²) < 4.78 is 99.6. The topological polar surface area (TPSA) is 29.5 Å². The van der Waals surface area contributed by atoms with Crippen LogP contribution < -0.4 is 0 Å². The lowest BCUT2D eigenvalue weighted by atomic mass is 9.95. The van der Waals surface area contributed by atoms with Crippen molar-refractivity contribution >= 4 is 5.78 Å². The Morgan fingerprint density at radius 1 is 0.944 bits per heavy atom. The lowest BCUT2D eigenvalue weighted by Gasteiger charge is -2.25. The number of nitrogens with zero attached hydrogens (tertiary/aromatic N) is 1. The molecule has 0 spiro atoms. The third-order valence-electron chi connectivity index (χ3n) is 6.71. The molecule has 1 heterocycles. The quantitative estimate of drug-likeness (QED) is 0.406. The minimum atomic E-state index is -4.96. The molecular weight excluding hydrogens is 491 g/mol. The van der Waals surface area contributed by atoms with Crippen LogP contribution in [0.3, 0.4) is 0 Å². The summed E-state index contributed by atoms with van der Waals surface area (Å²) in [6.07, 6.45) is -9.74. The van der Waals surface area contributed by atoms with Gasteiger partial charge in [-0.05, 0) is 48.4 Å². The van der Waals surface area contributed by atoms with Crippen molar-refractivity contribution in [2.75, 3.05) is 13.1 Å². The van der Waals surface area contributed by atoms with Gasteiger partial charge in [0.2, 0.25) is 0 Å². The van der Waals surface area contributed by atoms with Crippen molar-refractivity contribution in [2.45, 2.75) is 50.7 Å². The maximum Gasteiger partial charge on any atom is 0.416 e. The molecular formula is C26H24F7NO2. The highest BCUT2D eigenvalue weighted by atomic mass is 19.4. The number of benzene rings is 2. The Bertz CT molecular complexity index is 1120. The first-order valence-corrected chi connectivity index (χ1v) is 11.4. The van der Waals surface area contributed by atoms with Gasteiger partial charge in [0, 0.05) is 43.1 Å². The van der Waals surface area contributed by atoms with Crippen LogP contribution in [0.4, 0.5) is 30.7 Å². The number of likely N-dealkylation sites (tertiary alicyclic amines) is 1. The van der Waals surface area contributed by atoms with Crippen molar-refractivity contribution in [3.8, 4) is 0 Å². The van der Waals surface area contributed by atoms with Gasteiger partial charge in [0.05, 0.1) is 23.3 Å². The average molecular weight is 515 g/mol. The molecule has 4 atom stereocenters. The van der Waals surface area contributed by atoms with Crippen LogP contribution in [0, 0.1) is 11.7 Å². The molecule has 0 aromatic heterocycles. The first-order chi connectivity index (χ1) is 16.7. The molecule has 2 aromatic rings. The Morgan fingerprint density at radius 2 is 1.53 bits per heavy atom. The van der Waals surface area contributed by atoms with Crippen LogP contribution in [-0.2, 0) is 21.9 Å². The van der Waals surface area contributed by atoms with E-state index in [-0.39, 0.29) is 35.8 Å². The van der Waals surface area contributed by atoms with E-state index in [2.05, 4.69) is 0 Å². The molecule has 0 saturated carbocycles. The highest BCUT2D eigenvalue weighted by Crippen LogP contribution is 2.41. The number of hydrogen-bond donors (Lipinski definition) is 0. The van der Waals surface area contributed by atoms with E-state index in [0.717, 1.165) is 5.70 Å². The molecule has 194 valence electrons. The number of rotatable bonds is 5. The van der Waals surface area contributed by atoms with Crippen LogP contribution in [0.25, 0.3) is 0 Å². The van der Waals surface area contributed by atoms with Crippen molar-refractivity contribution in [1.82, 2.24) is 4.90 Å². The Morgan fingerprint density at radius 3 is 2.03 bits per heavy atom. The van der Waals surface area contributed by atoms with Crippen LogP contribution in [0.2, 0.25) is 0 Å². The second-order valence-electron chi connectivity index (χ2n) is 9.36. The lowest BCUT2D eigenvalue weighted by molar-refractivity contribution is -0.143. The van der Waals surface area contributed by atoms with Gasteiger partial charge in [-0.3, -0.25) is 4.79 Å². The normalized spacial score (nSPS) is 23.8. The molecule has 0 N–H and O–H groups in total. The lowest BCUT2D eigenvalue weighted by Crippen LogP contribution is -2.26. The molecule has 3 nitrogen and oxygen atoms in total. The van der Waals surface area contributed by atoms with Gasteiger partial charge in [0.15, 0.2) is 5.78 Å². The summed E-state index contributed by atoms with van der Waals surface area (Å²) in [6.45, 7) is 3.99. The predicted octanol–water partition coefficient (Wildman–Crippen LogP) is 6.90. The zero-order valence-electron chi connectivity index (χ0n) is 19.5. The van der Waals surface area contributed by atoms with E-state index in [1.807, 2.05) is 11.8 Å². The van der Waals surface area contributed by atoms with Crippen LogP contribution in [0.1, 0.15) is 54.5 Å². The molecule has 36 heavy (non-hydrogen) atoms. The van der Waals surface area contributed by atoms with Gasteiger partial charge in [0.25, 0.3) is 0 Å². The summed E-state index contributed by atoms with van der Waals surface area (Å²) in [4.78, 5) is 13.9. The van der Waals surface area contributed by atoms with Gasteiger partial charge in [-0.1, -0.05) is 19.1 Å².